The number of rotatable bonds is 5. The molecule has 0 aliphatic rings. The molecule has 2 heteroatoms. The van der Waals surface area contributed by atoms with Gasteiger partial charge in [-0.2, -0.15) is 0 Å². The highest BCUT2D eigenvalue weighted by molar-refractivity contribution is 5.96. The molecule has 0 aromatic heterocycles. The van der Waals surface area contributed by atoms with E-state index in [4.69, 9.17) is 4.74 Å². The van der Waals surface area contributed by atoms with Gasteiger partial charge >= 0.3 is 0 Å². The number of carbonyl (C=O) groups excluding carboxylic acids is 1. The van der Waals surface area contributed by atoms with Crippen LogP contribution in [0.2, 0.25) is 0 Å². The van der Waals surface area contributed by atoms with Gasteiger partial charge in [0.15, 0.2) is 5.78 Å². The molecule has 0 aromatic rings. The quantitative estimate of drug-likeness (QED) is 0.445. The number of ether oxygens (including phenoxy) is 1. The van der Waals surface area contributed by atoms with Crippen molar-refractivity contribution in [3.8, 4) is 0 Å². The summed E-state index contributed by atoms with van der Waals surface area (Å²) in [5.41, 5.74) is 0.766. The molecule has 0 spiro atoms. The lowest BCUT2D eigenvalue weighted by Gasteiger charge is -2.00. The van der Waals surface area contributed by atoms with Gasteiger partial charge < -0.3 is 4.74 Å². The maximum absolute atomic E-state index is 11.1. The molecule has 0 heterocycles. The summed E-state index contributed by atoms with van der Waals surface area (Å²) in [6, 6.07) is 0. The number of ketones is 1. The number of hydrogen-bond donors (Lipinski definition) is 0. The van der Waals surface area contributed by atoms with E-state index >= 15 is 0 Å². The normalized spacial score (nSPS) is 11.3. The molecule has 0 aromatic carbocycles. The van der Waals surface area contributed by atoms with Crippen LogP contribution in [0.4, 0.5) is 0 Å². The minimum absolute atomic E-state index is 0.0369. The Morgan fingerprint density at radius 2 is 2.27 bits per heavy atom. The molecular formula is C9H14O2. The minimum atomic E-state index is 0.0369. The standard InChI is InChI=1S/C9H14O2/c1-4-6-8(5-2)9(10)7-11-3/h4-5H,1,6-7H2,2-3H3/b8-5+. The number of hydrogen-bond acceptors (Lipinski definition) is 2. The van der Waals surface area contributed by atoms with Gasteiger partial charge in [0.2, 0.25) is 0 Å². The Morgan fingerprint density at radius 3 is 2.64 bits per heavy atom. The van der Waals surface area contributed by atoms with Gasteiger partial charge in [0.05, 0.1) is 0 Å². The van der Waals surface area contributed by atoms with Gasteiger partial charge in [-0.15, -0.1) is 6.58 Å². The number of Topliss-reactive ketones (excluding diaryl/α,β-unsaturated/α-hetero) is 1. The fourth-order valence-electron chi connectivity index (χ4n) is 0.772. The molecule has 11 heavy (non-hydrogen) atoms. The van der Waals surface area contributed by atoms with Crippen LogP contribution in [0.25, 0.3) is 0 Å². The minimum Gasteiger partial charge on any atom is -0.377 e. The largest absolute Gasteiger partial charge is 0.377 e. The van der Waals surface area contributed by atoms with E-state index in [2.05, 4.69) is 6.58 Å². The summed E-state index contributed by atoms with van der Waals surface area (Å²) >= 11 is 0. The molecule has 0 N–H and O–H groups in total. The zero-order valence-corrected chi connectivity index (χ0v) is 7.09. The second-order valence-corrected chi connectivity index (χ2v) is 2.16. The Kier molecular flexibility index (Phi) is 5.39. The van der Waals surface area contributed by atoms with Crippen LogP contribution in [0, 0.1) is 0 Å². The predicted molar refractivity (Wildman–Crippen MR) is 45.5 cm³/mol. The number of methoxy groups -OCH3 is 1. The second kappa shape index (κ2) is 5.86. The van der Waals surface area contributed by atoms with E-state index in [1.54, 1.807) is 12.2 Å². The average Bonchev–Trinajstić information content (AvgIpc) is 2.00. The molecule has 0 rings (SSSR count). The van der Waals surface area contributed by atoms with Gasteiger partial charge in [-0.1, -0.05) is 12.2 Å². The molecule has 0 saturated carbocycles. The Morgan fingerprint density at radius 1 is 1.64 bits per heavy atom. The van der Waals surface area contributed by atoms with Crippen LogP contribution in [0.15, 0.2) is 24.3 Å². The summed E-state index contributed by atoms with van der Waals surface area (Å²) in [7, 11) is 1.51. The zero-order valence-electron chi connectivity index (χ0n) is 7.09. The third kappa shape index (κ3) is 3.73. The maximum atomic E-state index is 11.1. The van der Waals surface area contributed by atoms with Crippen molar-refractivity contribution in [1.82, 2.24) is 0 Å². The molecule has 0 atom stereocenters. The summed E-state index contributed by atoms with van der Waals surface area (Å²) in [6.45, 7) is 5.56. The van der Waals surface area contributed by atoms with Gasteiger partial charge in [-0.25, -0.2) is 0 Å². The zero-order chi connectivity index (χ0) is 8.69. The van der Waals surface area contributed by atoms with E-state index in [1.807, 2.05) is 6.92 Å². The van der Waals surface area contributed by atoms with Crippen molar-refractivity contribution in [3.63, 3.8) is 0 Å². The lowest BCUT2D eigenvalue weighted by atomic mass is 10.1. The van der Waals surface area contributed by atoms with Gasteiger partial charge in [0.1, 0.15) is 6.61 Å². The van der Waals surface area contributed by atoms with E-state index in [0.29, 0.717) is 6.42 Å². The molecule has 0 aliphatic carbocycles. The summed E-state index contributed by atoms with van der Waals surface area (Å²) in [4.78, 5) is 11.1. The molecule has 0 amide bonds. The monoisotopic (exact) mass is 154 g/mol. The van der Waals surface area contributed by atoms with E-state index in [9.17, 15) is 4.79 Å². The third-order valence-corrected chi connectivity index (χ3v) is 1.35. The summed E-state index contributed by atoms with van der Waals surface area (Å²) in [5, 5.41) is 0. The van der Waals surface area contributed by atoms with Crippen molar-refractivity contribution in [3.05, 3.63) is 24.3 Å². The molecule has 0 unspecified atom stereocenters. The summed E-state index contributed by atoms with van der Waals surface area (Å²) in [6.07, 6.45) is 4.13. The van der Waals surface area contributed by atoms with Gasteiger partial charge in [-0.05, 0) is 18.9 Å². The lowest BCUT2D eigenvalue weighted by molar-refractivity contribution is -0.119. The van der Waals surface area contributed by atoms with Gasteiger partial charge in [-0.3, -0.25) is 4.79 Å². The molecule has 0 saturated heterocycles. The fourth-order valence-corrected chi connectivity index (χ4v) is 0.772. The third-order valence-electron chi connectivity index (χ3n) is 1.35. The molecule has 0 fully saturated rings. The summed E-state index contributed by atoms with van der Waals surface area (Å²) in [5.74, 6) is 0.0369. The first-order chi connectivity index (χ1) is 5.26. The molecule has 0 bridgehead atoms. The molecule has 0 radical (unpaired) electrons. The van der Waals surface area contributed by atoms with Crippen molar-refractivity contribution in [2.75, 3.05) is 13.7 Å². The molecule has 2 nitrogen and oxygen atoms in total. The van der Waals surface area contributed by atoms with E-state index < -0.39 is 0 Å². The van der Waals surface area contributed by atoms with Gasteiger partial charge in [0.25, 0.3) is 0 Å². The van der Waals surface area contributed by atoms with Crippen LogP contribution in [-0.2, 0) is 9.53 Å². The topological polar surface area (TPSA) is 26.3 Å². The van der Waals surface area contributed by atoms with Crippen LogP contribution in [0.3, 0.4) is 0 Å². The average molecular weight is 154 g/mol. The van der Waals surface area contributed by atoms with Crippen LogP contribution in [0.5, 0.6) is 0 Å². The smallest absolute Gasteiger partial charge is 0.184 e. The van der Waals surface area contributed by atoms with Crippen molar-refractivity contribution in [2.24, 2.45) is 0 Å². The predicted octanol–water partition coefficient (Wildman–Crippen LogP) is 1.72. The van der Waals surface area contributed by atoms with Crippen LogP contribution >= 0.6 is 0 Å². The molecular weight excluding hydrogens is 140 g/mol. The van der Waals surface area contributed by atoms with E-state index in [-0.39, 0.29) is 12.4 Å². The first-order valence-corrected chi connectivity index (χ1v) is 3.54. The SMILES string of the molecule is C=CC/C(=C\C)C(=O)COC. The van der Waals surface area contributed by atoms with E-state index in [0.717, 1.165) is 5.57 Å². The fraction of sp³-hybridized carbons (Fsp3) is 0.444. The van der Waals surface area contributed by atoms with Gasteiger partial charge in [0, 0.05) is 7.11 Å². The highest BCUT2D eigenvalue weighted by Crippen LogP contribution is 2.03. The Labute approximate surface area is 67.6 Å². The first-order valence-electron chi connectivity index (χ1n) is 3.54. The molecule has 62 valence electrons. The first kappa shape index (κ1) is 10.1. The molecule has 0 aliphatic heterocycles. The lowest BCUT2D eigenvalue weighted by Crippen LogP contribution is -2.08. The Balaban J connectivity index is 4.04. The number of allylic oxidation sites excluding steroid dienone is 2. The van der Waals surface area contributed by atoms with Crippen molar-refractivity contribution >= 4 is 5.78 Å². The highest BCUT2D eigenvalue weighted by Gasteiger charge is 2.04. The van der Waals surface area contributed by atoms with Crippen LogP contribution < -0.4 is 0 Å². The Bertz CT molecular complexity index is 168. The highest BCUT2D eigenvalue weighted by atomic mass is 16.5. The summed E-state index contributed by atoms with van der Waals surface area (Å²) < 4.78 is 4.71. The van der Waals surface area contributed by atoms with Crippen molar-refractivity contribution < 1.29 is 9.53 Å². The van der Waals surface area contributed by atoms with Crippen LogP contribution in [-0.4, -0.2) is 19.5 Å². The maximum Gasteiger partial charge on any atom is 0.184 e. The Hall–Kier alpha value is -0.890. The number of carbonyl (C=O) groups is 1. The van der Waals surface area contributed by atoms with Crippen molar-refractivity contribution in [1.29, 1.82) is 0 Å². The second-order valence-electron chi connectivity index (χ2n) is 2.16. The van der Waals surface area contributed by atoms with Crippen molar-refractivity contribution in [2.45, 2.75) is 13.3 Å². The van der Waals surface area contributed by atoms with E-state index in [1.165, 1.54) is 7.11 Å². The van der Waals surface area contributed by atoms with Crippen LogP contribution in [0.1, 0.15) is 13.3 Å².